The summed E-state index contributed by atoms with van der Waals surface area (Å²) in [5.41, 5.74) is 5.63. The Morgan fingerprint density at radius 3 is 2.61 bits per heavy atom. The van der Waals surface area contributed by atoms with Crippen molar-refractivity contribution in [3.8, 4) is 0 Å². The van der Waals surface area contributed by atoms with Crippen LogP contribution in [-0.4, -0.2) is 42.1 Å². The largest absolute Gasteiger partial charge is 0.480 e. The number of hydrogen-bond acceptors (Lipinski definition) is 6. The minimum Gasteiger partial charge on any atom is -0.480 e. The van der Waals surface area contributed by atoms with Crippen LogP contribution in [0.4, 0.5) is 11.6 Å². The second-order valence-electron chi connectivity index (χ2n) is 3.81. The molecule has 18 heavy (non-hydrogen) atoms. The molecule has 0 aliphatic carbocycles. The summed E-state index contributed by atoms with van der Waals surface area (Å²) in [5.74, 6) is -1.22. The fraction of sp³-hybridized carbons (Fsp3) is 0.556. The number of hydrogen-bond donors (Lipinski definition) is 3. The van der Waals surface area contributed by atoms with Crippen LogP contribution in [0.3, 0.4) is 0 Å². The third-order valence-corrected chi connectivity index (χ3v) is 3.29. The molecule has 0 radical (unpaired) electrons. The third-order valence-electron chi connectivity index (χ3n) is 2.14. The molecule has 4 N–H and O–H groups in total. The van der Waals surface area contributed by atoms with Gasteiger partial charge in [0.25, 0.3) is 0 Å². The molecule has 0 fully saturated rings. The minimum absolute atomic E-state index is 0.0955. The van der Waals surface area contributed by atoms with Gasteiger partial charge >= 0.3 is 5.97 Å². The maximum atomic E-state index is 11.6. The number of rotatable bonds is 6. The van der Waals surface area contributed by atoms with E-state index in [1.165, 1.54) is 0 Å². The van der Waals surface area contributed by atoms with Crippen LogP contribution >= 0.6 is 0 Å². The van der Waals surface area contributed by atoms with E-state index >= 15 is 0 Å². The van der Waals surface area contributed by atoms with Gasteiger partial charge in [0, 0.05) is 12.8 Å². The Bertz CT molecular complexity index is 549. The molecule has 1 rings (SSSR count). The predicted octanol–water partition coefficient (Wildman–Crippen LogP) is -0.225. The van der Waals surface area contributed by atoms with E-state index in [9.17, 15) is 13.2 Å². The van der Waals surface area contributed by atoms with Gasteiger partial charge in [-0.1, -0.05) is 6.92 Å². The summed E-state index contributed by atoms with van der Waals surface area (Å²) in [6, 6.07) is 0. The van der Waals surface area contributed by atoms with Gasteiger partial charge in [0.15, 0.2) is 20.6 Å². The SMILES string of the molecule is CCCNc1nn(CC(=O)O)c(N)c1S(C)(=O)=O. The first-order chi connectivity index (χ1) is 8.27. The number of aromatic nitrogens is 2. The number of nitrogens with one attached hydrogen (secondary N) is 1. The lowest BCUT2D eigenvalue weighted by Crippen LogP contribution is -2.13. The molecule has 0 aliphatic rings. The van der Waals surface area contributed by atoms with Crippen molar-refractivity contribution in [2.45, 2.75) is 24.8 Å². The predicted molar refractivity (Wildman–Crippen MR) is 66.2 cm³/mol. The number of carboxylic acid groups (broad SMARTS) is 1. The molecule has 0 aromatic carbocycles. The summed E-state index contributed by atoms with van der Waals surface area (Å²) in [6.45, 7) is 1.94. The van der Waals surface area contributed by atoms with Crippen molar-refractivity contribution in [3.63, 3.8) is 0 Å². The molecule has 0 bridgehead atoms. The molecule has 1 aromatic rings. The average Bonchev–Trinajstić information content (AvgIpc) is 2.51. The van der Waals surface area contributed by atoms with Gasteiger partial charge in [0.2, 0.25) is 0 Å². The molecule has 9 heteroatoms. The van der Waals surface area contributed by atoms with Gasteiger partial charge in [0.1, 0.15) is 12.4 Å². The van der Waals surface area contributed by atoms with Crippen molar-refractivity contribution < 1.29 is 18.3 Å². The number of nitrogen functional groups attached to an aromatic ring is 1. The lowest BCUT2D eigenvalue weighted by atomic mass is 10.4. The van der Waals surface area contributed by atoms with Crippen LogP contribution in [-0.2, 0) is 21.2 Å². The molecule has 0 unspecified atom stereocenters. The Morgan fingerprint density at radius 1 is 1.56 bits per heavy atom. The highest BCUT2D eigenvalue weighted by molar-refractivity contribution is 7.91. The van der Waals surface area contributed by atoms with E-state index in [4.69, 9.17) is 10.8 Å². The number of nitrogens with two attached hydrogens (primary N) is 1. The van der Waals surface area contributed by atoms with Gasteiger partial charge in [-0.25, -0.2) is 13.1 Å². The molecule has 0 spiro atoms. The van der Waals surface area contributed by atoms with E-state index in [1.807, 2.05) is 6.92 Å². The van der Waals surface area contributed by atoms with Gasteiger partial charge in [-0.2, -0.15) is 5.10 Å². The van der Waals surface area contributed by atoms with Crippen LogP contribution in [0.5, 0.6) is 0 Å². The Morgan fingerprint density at radius 2 is 2.17 bits per heavy atom. The van der Waals surface area contributed by atoms with Gasteiger partial charge in [0.05, 0.1) is 0 Å². The Hall–Kier alpha value is -1.77. The van der Waals surface area contributed by atoms with Crippen LogP contribution in [0.15, 0.2) is 4.90 Å². The Labute approximate surface area is 105 Å². The van der Waals surface area contributed by atoms with Gasteiger partial charge in [-0.05, 0) is 6.42 Å². The summed E-state index contributed by atoms with van der Waals surface area (Å²) in [5, 5.41) is 15.4. The van der Waals surface area contributed by atoms with Crippen LogP contribution < -0.4 is 11.1 Å². The fourth-order valence-electron chi connectivity index (χ4n) is 1.43. The number of anilines is 2. The van der Waals surface area contributed by atoms with Crippen LogP contribution in [0, 0.1) is 0 Å². The van der Waals surface area contributed by atoms with Gasteiger partial charge in [-0.3, -0.25) is 4.79 Å². The standard InChI is InChI=1S/C9H16N4O4S/c1-3-4-11-9-7(18(2,16)17)8(10)13(12-9)5-6(14)15/h3-5,10H2,1-2H3,(H,11,12)(H,14,15). The van der Waals surface area contributed by atoms with Crippen molar-refractivity contribution in [3.05, 3.63) is 0 Å². The van der Waals surface area contributed by atoms with Crippen molar-refractivity contribution >= 4 is 27.4 Å². The van der Waals surface area contributed by atoms with Crippen molar-refractivity contribution in [2.75, 3.05) is 23.9 Å². The van der Waals surface area contributed by atoms with E-state index in [0.29, 0.717) is 6.54 Å². The molecule has 1 heterocycles. The van der Waals surface area contributed by atoms with Gasteiger partial charge < -0.3 is 16.2 Å². The van der Waals surface area contributed by atoms with E-state index in [2.05, 4.69) is 10.4 Å². The van der Waals surface area contributed by atoms with Gasteiger partial charge in [-0.15, -0.1) is 0 Å². The first kappa shape index (κ1) is 14.3. The van der Waals surface area contributed by atoms with Crippen LogP contribution in [0.1, 0.15) is 13.3 Å². The van der Waals surface area contributed by atoms with E-state index in [-0.39, 0.29) is 16.5 Å². The highest BCUT2D eigenvalue weighted by Gasteiger charge is 2.24. The molecular formula is C9H16N4O4S. The molecular weight excluding hydrogens is 260 g/mol. The molecule has 0 atom stereocenters. The third kappa shape index (κ3) is 3.13. The quantitative estimate of drug-likeness (QED) is 0.655. The summed E-state index contributed by atoms with van der Waals surface area (Å²) >= 11 is 0. The lowest BCUT2D eigenvalue weighted by molar-refractivity contribution is -0.137. The first-order valence-corrected chi connectivity index (χ1v) is 7.18. The first-order valence-electron chi connectivity index (χ1n) is 5.29. The molecule has 1 aromatic heterocycles. The minimum atomic E-state index is -3.57. The number of carbonyl (C=O) groups is 1. The summed E-state index contributed by atoms with van der Waals surface area (Å²) in [7, 11) is -3.57. The second kappa shape index (κ2) is 5.25. The maximum Gasteiger partial charge on any atom is 0.325 e. The Kier molecular flexibility index (Phi) is 4.17. The average molecular weight is 276 g/mol. The smallest absolute Gasteiger partial charge is 0.325 e. The molecule has 8 nitrogen and oxygen atoms in total. The highest BCUT2D eigenvalue weighted by Crippen LogP contribution is 2.26. The number of carboxylic acids is 1. The van der Waals surface area contributed by atoms with Crippen molar-refractivity contribution in [1.82, 2.24) is 9.78 Å². The number of aliphatic carboxylic acids is 1. The van der Waals surface area contributed by atoms with E-state index in [0.717, 1.165) is 17.4 Å². The zero-order valence-corrected chi connectivity index (χ0v) is 11.0. The molecule has 102 valence electrons. The summed E-state index contributed by atoms with van der Waals surface area (Å²) in [6.07, 6.45) is 1.78. The molecule has 0 aliphatic heterocycles. The second-order valence-corrected chi connectivity index (χ2v) is 5.77. The molecule has 0 saturated heterocycles. The zero-order chi connectivity index (χ0) is 13.9. The zero-order valence-electron chi connectivity index (χ0n) is 10.2. The monoisotopic (exact) mass is 276 g/mol. The van der Waals surface area contributed by atoms with Crippen molar-refractivity contribution in [2.24, 2.45) is 0 Å². The maximum absolute atomic E-state index is 11.6. The summed E-state index contributed by atoms with van der Waals surface area (Å²) in [4.78, 5) is 10.5. The van der Waals surface area contributed by atoms with E-state index < -0.39 is 22.4 Å². The number of nitrogens with zero attached hydrogens (tertiary/aromatic N) is 2. The van der Waals surface area contributed by atoms with Crippen LogP contribution in [0.2, 0.25) is 0 Å². The Balaban J connectivity index is 3.27. The van der Waals surface area contributed by atoms with E-state index in [1.54, 1.807) is 0 Å². The van der Waals surface area contributed by atoms with Crippen molar-refractivity contribution in [1.29, 1.82) is 0 Å². The van der Waals surface area contributed by atoms with Crippen LogP contribution in [0.25, 0.3) is 0 Å². The molecule has 0 amide bonds. The normalized spacial score (nSPS) is 11.4. The number of sulfone groups is 1. The lowest BCUT2D eigenvalue weighted by Gasteiger charge is -2.02. The fourth-order valence-corrected chi connectivity index (χ4v) is 2.38. The molecule has 0 saturated carbocycles. The topological polar surface area (TPSA) is 127 Å². The highest BCUT2D eigenvalue weighted by atomic mass is 32.2. The summed E-state index contributed by atoms with van der Waals surface area (Å²) < 4.78 is 24.2.